The Morgan fingerprint density at radius 2 is 2.13 bits per heavy atom. The first-order valence-electron chi connectivity index (χ1n) is 8.30. The fourth-order valence-corrected chi connectivity index (χ4v) is 3.21. The molecule has 0 radical (unpaired) electrons. The van der Waals surface area contributed by atoms with Crippen molar-refractivity contribution in [3.05, 3.63) is 29.6 Å². The standard InChI is InChI=1S/C17H24FN3O2/c1-20-8-4-9-21(11-10-20)17(22)19-15-7-3-12-23-16-13(15)5-2-6-14(16)18/h2,5-6,15H,3-4,7-12H2,1H3,(H,19,22)/t15-/m1/s1. The van der Waals surface area contributed by atoms with Crippen molar-refractivity contribution in [1.29, 1.82) is 0 Å². The number of para-hydroxylation sites is 1. The van der Waals surface area contributed by atoms with Gasteiger partial charge in [0.15, 0.2) is 11.6 Å². The van der Waals surface area contributed by atoms with Gasteiger partial charge in [-0.3, -0.25) is 0 Å². The fraction of sp³-hybridized carbons (Fsp3) is 0.588. The first kappa shape index (κ1) is 16.1. The van der Waals surface area contributed by atoms with Gasteiger partial charge < -0.3 is 19.9 Å². The van der Waals surface area contributed by atoms with Crippen LogP contribution in [0.3, 0.4) is 0 Å². The summed E-state index contributed by atoms with van der Waals surface area (Å²) in [6.45, 7) is 3.85. The second kappa shape index (κ2) is 7.17. The lowest BCUT2D eigenvalue weighted by Gasteiger charge is -2.25. The Morgan fingerprint density at radius 3 is 3.00 bits per heavy atom. The minimum absolute atomic E-state index is 0.0672. The lowest BCUT2D eigenvalue weighted by Crippen LogP contribution is -2.43. The number of hydrogen-bond acceptors (Lipinski definition) is 3. The van der Waals surface area contributed by atoms with E-state index in [4.69, 9.17) is 4.74 Å². The second-order valence-electron chi connectivity index (χ2n) is 6.29. The molecule has 0 spiro atoms. The van der Waals surface area contributed by atoms with Gasteiger partial charge in [0.2, 0.25) is 0 Å². The number of nitrogens with one attached hydrogen (secondary N) is 1. The van der Waals surface area contributed by atoms with Gasteiger partial charge >= 0.3 is 6.03 Å². The Kier molecular flexibility index (Phi) is 5.00. The number of urea groups is 1. The van der Waals surface area contributed by atoms with Gasteiger partial charge in [-0.05, 0) is 38.9 Å². The number of nitrogens with zero attached hydrogens (tertiary/aromatic N) is 2. The monoisotopic (exact) mass is 321 g/mol. The topological polar surface area (TPSA) is 44.8 Å². The molecular weight excluding hydrogens is 297 g/mol. The van der Waals surface area contributed by atoms with Crippen LogP contribution >= 0.6 is 0 Å². The molecule has 23 heavy (non-hydrogen) atoms. The van der Waals surface area contributed by atoms with Gasteiger partial charge in [0.1, 0.15) is 0 Å². The molecule has 2 heterocycles. The zero-order valence-corrected chi connectivity index (χ0v) is 13.6. The number of rotatable bonds is 1. The number of carbonyl (C=O) groups is 1. The van der Waals surface area contributed by atoms with Crippen molar-refractivity contribution in [2.45, 2.75) is 25.3 Å². The summed E-state index contributed by atoms with van der Waals surface area (Å²) in [4.78, 5) is 16.7. The molecule has 5 nitrogen and oxygen atoms in total. The molecule has 6 heteroatoms. The number of benzene rings is 1. The molecule has 2 aliphatic rings. The van der Waals surface area contributed by atoms with E-state index < -0.39 is 0 Å². The van der Waals surface area contributed by atoms with Gasteiger partial charge in [-0.25, -0.2) is 9.18 Å². The number of fused-ring (bicyclic) bond motifs is 1. The maximum atomic E-state index is 14.0. The van der Waals surface area contributed by atoms with E-state index in [1.807, 2.05) is 11.0 Å². The summed E-state index contributed by atoms with van der Waals surface area (Å²) >= 11 is 0. The summed E-state index contributed by atoms with van der Waals surface area (Å²) in [7, 11) is 2.07. The van der Waals surface area contributed by atoms with E-state index in [2.05, 4.69) is 17.3 Å². The molecule has 0 aliphatic carbocycles. The SMILES string of the molecule is CN1CCCN(C(=O)N[C@@H]2CCCOc3c(F)cccc32)CC1. The third-order valence-electron chi connectivity index (χ3n) is 4.56. The van der Waals surface area contributed by atoms with E-state index in [0.717, 1.165) is 51.0 Å². The van der Waals surface area contributed by atoms with Crippen LogP contribution in [0.15, 0.2) is 18.2 Å². The molecule has 2 aliphatic heterocycles. The molecule has 1 saturated heterocycles. The van der Waals surface area contributed by atoms with E-state index in [-0.39, 0.29) is 23.6 Å². The molecule has 0 aromatic heterocycles. The maximum Gasteiger partial charge on any atom is 0.317 e. The van der Waals surface area contributed by atoms with Gasteiger partial charge in [0, 0.05) is 25.2 Å². The minimum Gasteiger partial charge on any atom is -0.490 e. The average molecular weight is 321 g/mol. The molecule has 1 aromatic carbocycles. The Morgan fingerprint density at radius 1 is 1.26 bits per heavy atom. The summed E-state index contributed by atoms with van der Waals surface area (Å²) in [5.74, 6) is -0.0778. The largest absolute Gasteiger partial charge is 0.490 e. The number of hydrogen-bond donors (Lipinski definition) is 1. The number of carbonyl (C=O) groups excluding carboxylic acids is 1. The summed E-state index contributed by atoms with van der Waals surface area (Å²) in [5.41, 5.74) is 0.739. The maximum absolute atomic E-state index is 14.0. The van der Waals surface area contributed by atoms with Crippen LogP contribution in [0.25, 0.3) is 0 Å². The number of ether oxygens (including phenoxy) is 1. The van der Waals surface area contributed by atoms with Crippen LogP contribution in [0.5, 0.6) is 5.75 Å². The normalized spacial score (nSPS) is 22.5. The van der Waals surface area contributed by atoms with Crippen molar-refractivity contribution >= 4 is 6.03 Å². The van der Waals surface area contributed by atoms with E-state index in [9.17, 15) is 9.18 Å². The molecule has 126 valence electrons. The summed E-state index contributed by atoms with van der Waals surface area (Å²) in [6.07, 6.45) is 2.53. The average Bonchev–Trinajstić information content (AvgIpc) is 2.87. The predicted molar refractivity (Wildman–Crippen MR) is 86.1 cm³/mol. The third-order valence-corrected chi connectivity index (χ3v) is 4.56. The highest BCUT2D eigenvalue weighted by Gasteiger charge is 2.26. The summed E-state index contributed by atoms with van der Waals surface area (Å²) in [6, 6.07) is 4.64. The van der Waals surface area contributed by atoms with Gasteiger partial charge in [-0.15, -0.1) is 0 Å². The van der Waals surface area contributed by atoms with Gasteiger partial charge in [-0.1, -0.05) is 12.1 Å². The molecule has 0 bridgehead atoms. The van der Waals surface area contributed by atoms with Crippen molar-refractivity contribution in [3.63, 3.8) is 0 Å². The van der Waals surface area contributed by atoms with Crippen LogP contribution in [0.2, 0.25) is 0 Å². The van der Waals surface area contributed by atoms with Gasteiger partial charge in [0.05, 0.1) is 12.6 Å². The first-order chi connectivity index (χ1) is 11.1. The Labute approximate surface area is 136 Å². The lowest BCUT2D eigenvalue weighted by atomic mass is 10.0. The van der Waals surface area contributed by atoms with E-state index >= 15 is 0 Å². The van der Waals surface area contributed by atoms with E-state index in [0.29, 0.717) is 6.61 Å². The van der Waals surface area contributed by atoms with E-state index in [1.54, 1.807) is 6.07 Å². The quantitative estimate of drug-likeness (QED) is 0.864. The third kappa shape index (κ3) is 3.75. The molecule has 1 N–H and O–H groups in total. The zero-order valence-electron chi connectivity index (χ0n) is 13.6. The fourth-order valence-electron chi connectivity index (χ4n) is 3.21. The van der Waals surface area contributed by atoms with Crippen molar-refractivity contribution in [2.24, 2.45) is 0 Å². The van der Waals surface area contributed by atoms with Crippen LogP contribution in [0.1, 0.15) is 30.9 Å². The van der Waals surface area contributed by atoms with Crippen LogP contribution in [-0.4, -0.2) is 55.7 Å². The molecule has 0 saturated carbocycles. The smallest absolute Gasteiger partial charge is 0.317 e. The number of amides is 2. The zero-order chi connectivity index (χ0) is 16.2. The van der Waals surface area contributed by atoms with Crippen molar-refractivity contribution in [2.75, 3.05) is 39.8 Å². The summed E-state index contributed by atoms with van der Waals surface area (Å²) in [5, 5.41) is 3.08. The molecule has 1 atom stereocenters. The van der Waals surface area contributed by atoms with Gasteiger partial charge in [0.25, 0.3) is 0 Å². The van der Waals surface area contributed by atoms with Crippen molar-refractivity contribution in [3.8, 4) is 5.75 Å². The minimum atomic E-state index is -0.361. The Bertz CT molecular complexity index is 567. The lowest BCUT2D eigenvalue weighted by molar-refractivity contribution is 0.194. The van der Waals surface area contributed by atoms with E-state index in [1.165, 1.54) is 6.07 Å². The van der Waals surface area contributed by atoms with Crippen molar-refractivity contribution < 1.29 is 13.9 Å². The number of likely N-dealkylation sites (N-methyl/N-ethyl adjacent to an activating group) is 1. The molecule has 1 aromatic rings. The molecular formula is C17H24FN3O2. The van der Waals surface area contributed by atoms with Crippen LogP contribution in [0.4, 0.5) is 9.18 Å². The number of halogens is 1. The highest BCUT2D eigenvalue weighted by molar-refractivity contribution is 5.75. The Balaban J connectivity index is 1.72. The molecule has 0 unspecified atom stereocenters. The second-order valence-corrected chi connectivity index (χ2v) is 6.29. The Hall–Kier alpha value is -1.82. The van der Waals surface area contributed by atoms with Crippen LogP contribution in [0, 0.1) is 5.82 Å². The van der Waals surface area contributed by atoms with Crippen LogP contribution in [-0.2, 0) is 0 Å². The van der Waals surface area contributed by atoms with Gasteiger partial charge in [-0.2, -0.15) is 0 Å². The highest BCUT2D eigenvalue weighted by atomic mass is 19.1. The molecule has 2 amide bonds. The van der Waals surface area contributed by atoms with Crippen LogP contribution < -0.4 is 10.1 Å². The van der Waals surface area contributed by atoms with Crippen molar-refractivity contribution in [1.82, 2.24) is 15.1 Å². The highest BCUT2D eigenvalue weighted by Crippen LogP contribution is 2.33. The predicted octanol–water partition coefficient (Wildman–Crippen LogP) is 2.39. The molecule has 1 fully saturated rings. The molecule has 3 rings (SSSR count). The summed E-state index contributed by atoms with van der Waals surface area (Å²) < 4.78 is 19.5. The first-order valence-corrected chi connectivity index (χ1v) is 8.30.